The third kappa shape index (κ3) is 4.40. The number of benzene rings is 1. The van der Waals surface area contributed by atoms with Gasteiger partial charge in [-0.25, -0.2) is 22.9 Å². The van der Waals surface area contributed by atoms with Crippen molar-refractivity contribution >= 4 is 32.2 Å². The fourth-order valence-electron chi connectivity index (χ4n) is 2.13. The number of nitrogens with one attached hydrogen (secondary N) is 1. The Bertz CT molecular complexity index is 773. The van der Waals surface area contributed by atoms with Crippen molar-refractivity contribution in [3.8, 4) is 0 Å². The zero-order valence-corrected chi connectivity index (χ0v) is 14.5. The smallest absolute Gasteiger partial charge is 0.249 e. The van der Waals surface area contributed by atoms with Crippen LogP contribution in [0.15, 0.2) is 28.6 Å². The molecular formula is C14H19FN4O2S2. The van der Waals surface area contributed by atoms with Crippen molar-refractivity contribution in [2.75, 3.05) is 23.3 Å². The number of nitrogens with two attached hydrogens (primary N) is 1. The van der Waals surface area contributed by atoms with E-state index in [-0.39, 0.29) is 10.0 Å². The van der Waals surface area contributed by atoms with Crippen LogP contribution in [0.3, 0.4) is 0 Å². The molecule has 9 heteroatoms. The van der Waals surface area contributed by atoms with Crippen LogP contribution in [-0.4, -0.2) is 26.5 Å². The van der Waals surface area contributed by atoms with Crippen LogP contribution in [0, 0.1) is 5.82 Å². The highest BCUT2D eigenvalue weighted by Crippen LogP contribution is 2.23. The highest BCUT2D eigenvalue weighted by molar-refractivity contribution is 7.91. The maximum Gasteiger partial charge on any atom is 0.249 e. The Labute approximate surface area is 139 Å². The molecule has 23 heavy (non-hydrogen) atoms. The van der Waals surface area contributed by atoms with E-state index in [4.69, 9.17) is 5.14 Å². The summed E-state index contributed by atoms with van der Waals surface area (Å²) in [5.74, 6) is -0.280. The minimum atomic E-state index is -3.74. The third-order valence-electron chi connectivity index (χ3n) is 3.32. The van der Waals surface area contributed by atoms with Crippen LogP contribution in [0.25, 0.3) is 0 Å². The first kappa shape index (κ1) is 17.6. The van der Waals surface area contributed by atoms with Crippen molar-refractivity contribution in [3.05, 3.63) is 35.8 Å². The number of sulfonamides is 1. The summed E-state index contributed by atoms with van der Waals surface area (Å²) in [7, 11) is -3.74. The van der Waals surface area contributed by atoms with E-state index in [0.29, 0.717) is 17.4 Å². The van der Waals surface area contributed by atoms with Crippen molar-refractivity contribution in [1.82, 2.24) is 4.98 Å². The lowest BCUT2D eigenvalue weighted by molar-refractivity contribution is 0.599. The molecule has 1 aromatic heterocycles. The molecule has 6 nitrogen and oxygen atoms in total. The van der Waals surface area contributed by atoms with E-state index in [1.807, 2.05) is 24.8 Å². The van der Waals surface area contributed by atoms with Crippen LogP contribution in [0.4, 0.5) is 15.2 Å². The summed E-state index contributed by atoms with van der Waals surface area (Å²) in [6, 6.07) is 5.05. The largest absolute Gasteiger partial charge is 0.370 e. The third-order valence-corrected chi connectivity index (χ3v) is 5.69. The predicted octanol–water partition coefficient (Wildman–Crippen LogP) is 2.39. The lowest BCUT2D eigenvalue weighted by atomic mass is 10.2. The molecule has 0 spiro atoms. The van der Waals surface area contributed by atoms with E-state index < -0.39 is 10.0 Å². The van der Waals surface area contributed by atoms with Gasteiger partial charge in [0.15, 0.2) is 9.34 Å². The topological polar surface area (TPSA) is 88.3 Å². The minimum Gasteiger partial charge on any atom is -0.370 e. The van der Waals surface area contributed by atoms with Crippen LogP contribution in [0.1, 0.15) is 19.4 Å². The Balaban J connectivity index is 2.07. The minimum absolute atomic E-state index is 0.0111. The van der Waals surface area contributed by atoms with Gasteiger partial charge in [-0.05, 0) is 31.5 Å². The Morgan fingerprint density at radius 1 is 1.35 bits per heavy atom. The number of hydrogen-bond donors (Lipinski definition) is 2. The molecule has 0 bridgehead atoms. The number of anilines is 2. The monoisotopic (exact) mass is 358 g/mol. The summed E-state index contributed by atoms with van der Waals surface area (Å²) in [4.78, 5) is 5.87. The first-order chi connectivity index (χ1) is 10.8. The molecule has 0 unspecified atom stereocenters. The average Bonchev–Trinajstić information content (AvgIpc) is 2.97. The van der Waals surface area contributed by atoms with E-state index in [9.17, 15) is 12.8 Å². The van der Waals surface area contributed by atoms with Gasteiger partial charge < -0.3 is 10.2 Å². The van der Waals surface area contributed by atoms with Crippen molar-refractivity contribution in [1.29, 1.82) is 0 Å². The summed E-state index contributed by atoms with van der Waals surface area (Å²) in [5, 5.41) is 8.41. The summed E-state index contributed by atoms with van der Waals surface area (Å²) in [6.45, 7) is 5.77. The molecule has 0 saturated carbocycles. The summed E-state index contributed by atoms with van der Waals surface area (Å²) in [6.07, 6.45) is 1.20. The van der Waals surface area contributed by atoms with Gasteiger partial charge >= 0.3 is 0 Å². The number of aromatic nitrogens is 1. The normalized spacial score (nSPS) is 11.5. The molecule has 0 amide bonds. The van der Waals surface area contributed by atoms with Crippen molar-refractivity contribution in [2.24, 2.45) is 5.14 Å². The predicted molar refractivity (Wildman–Crippen MR) is 90.8 cm³/mol. The average molecular weight is 358 g/mol. The van der Waals surface area contributed by atoms with E-state index in [1.165, 1.54) is 12.3 Å². The highest BCUT2D eigenvalue weighted by atomic mass is 32.2. The van der Waals surface area contributed by atoms with E-state index in [1.54, 1.807) is 6.07 Å². The highest BCUT2D eigenvalue weighted by Gasteiger charge is 2.13. The molecule has 0 atom stereocenters. The molecule has 3 N–H and O–H groups in total. The van der Waals surface area contributed by atoms with Gasteiger partial charge in [-0.3, -0.25) is 0 Å². The molecule has 0 aliphatic carbocycles. The lowest BCUT2D eigenvalue weighted by Gasteiger charge is -2.21. The Kier molecular flexibility index (Phi) is 5.55. The van der Waals surface area contributed by atoms with Gasteiger partial charge in [0.05, 0.1) is 11.9 Å². The SMILES string of the molecule is CCN(CC)c1ccc(CNc2ncc(S(N)(=O)=O)s2)cc1F. The van der Waals surface area contributed by atoms with Crippen molar-refractivity contribution < 1.29 is 12.8 Å². The fourth-order valence-corrected chi connectivity index (χ4v) is 3.58. The molecule has 0 radical (unpaired) electrons. The first-order valence-electron chi connectivity index (χ1n) is 7.11. The van der Waals surface area contributed by atoms with Crippen LogP contribution in [-0.2, 0) is 16.6 Å². The van der Waals surface area contributed by atoms with Crippen LogP contribution in [0.5, 0.6) is 0 Å². The van der Waals surface area contributed by atoms with Gasteiger partial charge in [0.1, 0.15) is 5.82 Å². The number of rotatable bonds is 7. The summed E-state index contributed by atoms with van der Waals surface area (Å²) >= 11 is 0.941. The van der Waals surface area contributed by atoms with Crippen LogP contribution < -0.4 is 15.4 Å². The number of halogens is 1. The van der Waals surface area contributed by atoms with Crippen LogP contribution >= 0.6 is 11.3 Å². The van der Waals surface area contributed by atoms with Gasteiger partial charge in [-0.1, -0.05) is 17.4 Å². The molecule has 0 saturated heterocycles. The Morgan fingerprint density at radius 2 is 2.04 bits per heavy atom. The quantitative estimate of drug-likeness (QED) is 0.793. The second-order valence-corrected chi connectivity index (χ2v) is 7.66. The van der Waals surface area contributed by atoms with E-state index in [0.717, 1.165) is 30.0 Å². The van der Waals surface area contributed by atoms with Gasteiger partial charge in [-0.15, -0.1) is 0 Å². The zero-order chi connectivity index (χ0) is 17.0. The fraction of sp³-hybridized carbons (Fsp3) is 0.357. The maximum atomic E-state index is 14.2. The molecule has 0 fully saturated rings. The molecular weight excluding hydrogens is 339 g/mol. The molecule has 1 heterocycles. The number of primary sulfonamides is 1. The van der Waals surface area contributed by atoms with Gasteiger partial charge in [0, 0.05) is 19.6 Å². The molecule has 126 valence electrons. The Hall–Kier alpha value is -1.71. The number of thiazole rings is 1. The molecule has 1 aromatic carbocycles. The first-order valence-corrected chi connectivity index (χ1v) is 9.47. The van der Waals surface area contributed by atoms with Gasteiger partial charge in [0.2, 0.25) is 10.0 Å². The molecule has 2 rings (SSSR count). The lowest BCUT2D eigenvalue weighted by Crippen LogP contribution is -2.23. The zero-order valence-electron chi connectivity index (χ0n) is 12.9. The second-order valence-electron chi connectivity index (χ2n) is 4.84. The number of nitrogens with zero attached hydrogens (tertiary/aromatic N) is 2. The number of hydrogen-bond acceptors (Lipinski definition) is 6. The Morgan fingerprint density at radius 3 is 2.57 bits per heavy atom. The molecule has 2 aromatic rings. The molecule has 0 aliphatic rings. The van der Waals surface area contributed by atoms with Crippen LogP contribution in [0.2, 0.25) is 0 Å². The van der Waals surface area contributed by atoms with Gasteiger partial charge in [0.25, 0.3) is 0 Å². The second kappa shape index (κ2) is 7.24. The maximum absolute atomic E-state index is 14.2. The van der Waals surface area contributed by atoms with E-state index >= 15 is 0 Å². The summed E-state index contributed by atoms with van der Waals surface area (Å²) in [5.41, 5.74) is 1.32. The standard InChI is InChI=1S/C14H19FN4O2S2/c1-3-19(4-2)12-6-5-10(7-11(12)15)8-17-14-18-9-13(22-14)23(16,20)21/h5-7,9H,3-4,8H2,1-2H3,(H,17,18)(H2,16,20,21). The van der Waals surface area contributed by atoms with Gasteiger partial charge in [-0.2, -0.15) is 0 Å². The van der Waals surface area contributed by atoms with Crippen molar-refractivity contribution in [3.63, 3.8) is 0 Å². The van der Waals surface area contributed by atoms with Crippen molar-refractivity contribution in [2.45, 2.75) is 24.6 Å². The summed E-state index contributed by atoms with van der Waals surface area (Å²) < 4.78 is 36.6. The van der Waals surface area contributed by atoms with E-state index in [2.05, 4.69) is 10.3 Å². The molecule has 0 aliphatic heterocycles.